The maximum absolute atomic E-state index is 12.8. The Hall–Kier alpha value is -2.07. The molecule has 0 aliphatic carbocycles. The topological polar surface area (TPSA) is 38.3 Å². The molecular formula is C17H17ClFNO2. The molecule has 0 aromatic heterocycles. The molecule has 1 amide bonds. The van der Waals surface area contributed by atoms with Crippen LogP contribution < -0.4 is 10.1 Å². The predicted molar refractivity (Wildman–Crippen MR) is 84.5 cm³/mol. The van der Waals surface area contributed by atoms with Crippen LogP contribution in [0.3, 0.4) is 0 Å². The maximum atomic E-state index is 12.8. The van der Waals surface area contributed by atoms with Gasteiger partial charge >= 0.3 is 0 Å². The number of hydrogen-bond acceptors (Lipinski definition) is 2. The highest BCUT2D eigenvalue weighted by Gasteiger charge is 2.14. The molecule has 5 heteroatoms. The van der Waals surface area contributed by atoms with Crippen LogP contribution >= 0.6 is 11.6 Å². The second kappa shape index (κ2) is 7.27. The lowest BCUT2D eigenvalue weighted by Gasteiger charge is -2.15. The highest BCUT2D eigenvalue weighted by atomic mass is 35.5. The number of halogens is 2. The van der Waals surface area contributed by atoms with Gasteiger partial charge in [-0.2, -0.15) is 0 Å². The van der Waals surface area contributed by atoms with Gasteiger partial charge in [0.05, 0.1) is 0 Å². The van der Waals surface area contributed by atoms with Gasteiger partial charge in [0, 0.05) is 11.6 Å². The Morgan fingerprint density at radius 1 is 1.27 bits per heavy atom. The minimum atomic E-state index is -0.638. The van der Waals surface area contributed by atoms with Gasteiger partial charge in [-0.15, -0.1) is 0 Å². The summed E-state index contributed by atoms with van der Waals surface area (Å²) in [7, 11) is 0. The summed E-state index contributed by atoms with van der Waals surface area (Å²) in [5.74, 6) is 0.0492. The van der Waals surface area contributed by atoms with Gasteiger partial charge in [-0.05, 0) is 55.3 Å². The van der Waals surface area contributed by atoms with Crippen LogP contribution in [0.25, 0.3) is 0 Å². The normalized spacial score (nSPS) is 11.8. The van der Waals surface area contributed by atoms with E-state index in [0.717, 1.165) is 11.1 Å². The van der Waals surface area contributed by atoms with Crippen LogP contribution in [0.2, 0.25) is 5.02 Å². The second-order valence-electron chi connectivity index (χ2n) is 5.02. The standard InChI is InChI=1S/C17H17ClFNO2/c1-11-9-15(7-8-16(11)18)22-12(2)17(21)20-10-13-3-5-14(19)6-4-13/h3-9,12H,10H2,1-2H3,(H,20,21)/t12-/m1/s1. The van der Waals surface area contributed by atoms with E-state index in [0.29, 0.717) is 17.3 Å². The van der Waals surface area contributed by atoms with E-state index >= 15 is 0 Å². The first-order valence-corrected chi connectivity index (χ1v) is 7.28. The van der Waals surface area contributed by atoms with E-state index in [1.807, 2.05) is 6.92 Å². The summed E-state index contributed by atoms with van der Waals surface area (Å²) in [5, 5.41) is 3.41. The van der Waals surface area contributed by atoms with E-state index in [1.165, 1.54) is 12.1 Å². The quantitative estimate of drug-likeness (QED) is 0.907. The molecule has 0 aliphatic rings. The van der Waals surface area contributed by atoms with E-state index in [4.69, 9.17) is 16.3 Å². The molecule has 0 aliphatic heterocycles. The summed E-state index contributed by atoms with van der Waals surface area (Å²) < 4.78 is 18.4. The van der Waals surface area contributed by atoms with Crippen molar-refractivity contribution in [2.24, 2.45) is 0 Å². The molecule has 0 saturated heterocycles. The Kier molecular flexibility index (Phi) is 5.39. The Morgan fingerprint density at radius 2 is 1.95 bits per heavy atom. The first-order valence-electron chi connectivity index (χ1n) is 6.90. The molecular weight excluding hydrogens is 305 g/mol. The fourth-order valence-electron chi connectivity index (χ4n) is 1.88. The number of nitrogens with one attached hydrogen (secondary N) is 1. The lowest BCUT2D eigenvalue weighted by molar-refractivity contribution is -0.127. The van der Waals surface area contributed by atoms with Crippen LogP contribution in [0.5, 0.6) is 5.75 Å². The smallest absolute Gasteiger partial charge is 0.261 e. The summed E-state index contributed by atoms with van der Waals surface area (Å²) in [4.78, 5) is 12.0. The molecule has 1 N–H and O–H groups in total. The zero-order valence-electron chi connectivity index (χ0n) is 12.4. The third kappa shape index (κ3) is 4.46. The molecule has 3 nitrogen and oxygen atoms in total. The maximum Gasteiger partial charge on any atom is 0.261 e. The van der Waals surface area contributed by atoms with E-state index < -0.39 is 6.10 Å². The SMILES string of the molecule is Cc1cc(O[C@H](C)C(=O)NCc2ccc(F)cc2)ccc1Cl. The van der Waals surface area contributed by atoms with Crippen molar-refractivity contribution in [3.05, 3.63) is 64.4 Å². The van der Waals surface area contributed by atoms with Gasteiger partial charge in [0.1, 0.15) is 11.6 Å². The Bertz CT molecular complexity index is 658. The van der Waals surface area contributed by atoms with Crippen molar-refractivity contribution >= 4 is 17.5 Å². The van der Waals surface area contributed by atoms with Crippen LogP contribution in [0.1, 0.15) is 18.1 Å². The second-order valence-corrected chi connectivity index (χ2v) is 5.42. The molecule has 1 atom stereocenters. The van der Waals surface area contributed by atoms with Crippen LogP contribution in [0.15, 0.2) is 42.5 Å². The van der Waals surface area contributed by atoms with Crippen molar-refractivity contribution in [1.29, 1.82) is 0 Å². The van der Waals surface area contributed by atoms with E-state index in [2.05, 4.69) is 5.32 Å². The first-order chi connectivity index (χ1) is 10.5. The molecule has 2 rings (SSSR count). The third-order valence-electron chi connectivity index (χ3n) is 3.19. The van der Waals surface area contributed by atoms with Gasteiger partial charge in [-0.3, -0.25) is 4.79 Å². The molecule has 0 saturated carbocycles. The lowest BCUT2D eigenvalue weighted by Crippen LogP contribution is -2.35. The minimum absolute atomic E-state index is 0.239. The number of hydrogen-bond donors (Lipinski definition) is 1. The molecule has 0 fully saturated rings. The molecule has 0 spiro atoms. The van der Waals surface area contributed by atoms with Crippen LogP contribution in [-0.2, 0) is 11.3 Å². The van der Waals surface area contributed by atoms with Crippen molar-refractivity contribution < 1.29 is 13.9 Å². The van der Waals surface area contributed by atoms with Gasteiger partial charge in [0.25, 0.3) is 5.91 Å². The average molecular weight is 322 g/mol. The van der Waals surface area contributed by atoms with Gasteiger partial charge < -0.3 is 10.1 Å². The van der Waals surface area contributed by atoms with Gasteiger partial charge in [-0.25, -0.2) is 4.39 Å². The van der Waals surface area contributed by atoms with E-state index in [9.17, 15) is 9.18 Å². The fourth-order valence-corrected chi connectivity index (χ4v) is 2.00. The largest absolute Gasteiger partial charge is 0.481 e. The molecule has 2 aromatic carbocycles. The summed E-state index contributed by atoms with van der Waals surface area (Å²) in [6, 6.07) is 11.2. The molecule has 116 valence electrons. The highest BCUT2D eigenvalue weighted by molar-refractivity contribution is 6.31. The number of rotatable bonds is 5. The van der Waals surface area contributed by atoms with Gasteiger partial charge in [0.2, 0.25) is 0 Å². The van der Waals surface area contributed by atoms with Crippen LogP contribution in [0, 0.1) is 12.7 Å². The average Bonchev–Trinajstić information content (AvgIpc) is 2.50. The Morgan fingerprint density at radius 3 is 2.59 bits per heavy atom. The fraction of sp³-hybridized carbons (Fsp3) is 0.235. The van der Waals surface area contributed by atoms with Crippen LogP contribution in [-0.4, -0.2) is 12.0 Å². The van der Waals surface area contributed by atoms with Crippen molar-refractivity contribution in [2.75, 3.05) is 0 Å². The highest BCUT2D eigenvalue weighted by Crippen LogP contribution is 2.21. The summed E-state index contributed by atoms with van der Waals surface area (Å²) in [6.45, 7) is 3.87. The number of carbonyl (C=O) groups is 1. The van der Waals surface area contributed by atoms with E-state index in [1.54, 1.807) is 37.3 Å². The zero-order chi connectivity index (χ0) is 16.1. The lowest BCUT2D eigenvalue weighted by atomic mass is 10.2. The zero-order valence-corrected chi connectivity index (χ0v) is 13.2. The van der Waals surface area contributed by atoms with Crippen molar-refractivity contribution in [1.82, 2.24) is 5.32 Å². The Labute approximate surface area is 134 Å². The Balaban J connectivity index is 1.88. The monoisotopic (exact) mass is 321 g/mol. The predicted octanol–water partition coefficient (Wildman–Crippen LogP) is 3.87. The molecule has 0 radical (unpaired) electrons. The van der Waals surface area contributed by atoms with E-state index in [-0.39, 0.29) is 11.7 Å². The number of aryl methyl sites for hydroxylation is 1. The van der Waals surface area contributed by atoms with Crippen molar-refractivity contribution in [2.45, 2.75) is 26.5 Å². The summed E-state index contributed by atoms with van der Waals surface area (Å²) >= 11 is 5.95. The summed E-state index contributed by atoms with van der Waals surface area (Å²) in [6.07, 6.45) is -0.638. The molecule has 0 heterocycles. The number of carbonyl (C=O) groups excluding carboxylic acids is 1. The molecule has 0 unspecified atom stereocenters. The summed E-state index contributed by atoms with van der Waals surface area (Å²) in [5.41, 5.74) is 1.71. The van der Waals surface area contributed by atoms with Crippen molar-refractivity contribution in [3.63, 3.8) is 0 Å². The van der Waals surface area contributed by atoms with Crippen molar-refractivity contribution in [3.8, 4) is 5.75 Å². The number of benzene rings is 2. The number of ether oxygens (including phenoxy) is 1. The third-order valence-corrected chi connectivity index (χ3v) is 3.62. The first kappa shape index (κ1) is 16.3. The van der Waals surface area contributed by atoms with Gasteiger partial charge in [-0.1, -0.05) is 23.7 Å². The molecule has 22 heavy (non-hydrogen) atoms. The number of amides is 1. The minimum Gasteiger partial charge on any atom is -0.481 e. The molecule has 2 aromatic rings. The van der Waals surface area contributed by atoms with Gasteiger partial charge in [0.15, 0.2) is 6.10 Å². The molecule has 0 bridgehead atoms. The van der Waals surface area contributed by atoms with Crippen LogP contribution in [0.4, 0.5) is 4.39 Å².